The van der Waals surface area contributed by atoms with Gasteiger partial charge in [0, 0.05) is 6.04 Å². The number of hydrogen-bond donors (Lipinski definition) is 2. The smallest absolute Gasteiger partial charge is 0.335 e. The maximum atomic E-state index is 12.0. The molecule has 6 heteroatoms. The van der Waals surface area contributed by atoms with Crippen LogP contribution >= 0.6 is 0 Å². The summed E-state index contributed by atoms with van der Waals surface area (Å²) in [6, 6.07) is 5.95. The first-order valence-electron chi connectivity index (χ1n) is 6.68. The molecule has 0 saturated heterocycles. The summed E-state index contributed by atoms with van der Waals surface area (Å²) in [5.74, 6) is -0.592. The van der Waals surface area contributed by atoms with E-state index in [9.17, 15) is 13.2 Å². The monoisotopic (exact) mass is 297 g/mol. The van der Waals surface area contributed by atoms with Gasteiger partial charge in [-0.15, -0.1) is 0 Å². The van der Waals surface area contributed by atoms with Gasteiger partial charge in [0.15, 0.2) is 0 Å². The van der Waals surface area contributed by atoms with Gasteiger partial charge in [0.25, 0.3) is 0 Å². The first kappa shape index (κ1) is 15.0. The maximum Gasteiger partial charge on any atom is 0.335 e. The van der Waals surface area contributed by atoms with E-state index in [1.165, 1.54) is 25.0 Å². The van der Waals surface area contributed by atoms with Crippen LogP contribution in [-0.4, -0.2) is 25.5 Å². The summed E-state index contributed by atoms with van der Waals surface area (Å²) in [5.41, 5.74) is 0.583. The van der Waals surface area contributed by atoms with Crippen LogP contribution in [0.5, 0.6) is 0 Å². The number of benzene rings is 1. The number of sulfonamides is 1. The van der Waals surface area contributed by atoms with Crippen LogP contribution in [0.3, 0.4) is 0 Å². The Bertz CT molecular complexity index is 593. The lowest BCUT2D eigenvalue weighted by Gasteiger charge is -2.14. The molecule has 0 heterocycles. The molecule has 1 aromatic rings. The average molecular weight is 297 g/mol. The largest absolute Gasteiger partial charge is 0.478 e. The van der Waals surface area contributed by atoms with Crippen LogP contribution in [0.25, 0.3) is 0 Å². The number of aromatic carboxylic acids is 1. The number of carboxylic acids is 1. The molecule has 0 aromatic heterocycles. The van der Waals surface area contributed by atoms with Gasteiger partial charge in [0.1, 0.15) is 0 Å². The van der Waals surface area contributed by atoms with Gasteiger partial charge in [-0.2, -0.15) is 0 Å². The molecular formula is C14H19NO4S. The summed E-state index contributed by atoms with van der Waals surface area (Å²) in [5, 5.41) is 8.89. The fourth-order valence-corrected chi connectivity index (χ4v) is 3.67. The van der Waals surface area contributed by atoms with Gasteiger partial charge in [0.2, 0.25) is 10.0 Å². The van der Waals surface area contributed by atoms with Gasteiger partial charge in [-0.1, -0.05) is 25.0 Å². The van der Waals surface area contributed by atoms with Gasteiger partial charge in [-0.05, 0) is 37.0 Å². The first-order valence-corrected chi connectivity index (χ1v) is 8.33. The number of rotatable bonds is 7. The van der Waals surface area contributed by atoms with Crippen molar-refractivity contribution in [2.45, 2.75) is 38.0 Å². The highest BCUT2D eigenvalue weighted by atomic mass is 32.2. The van der Waals surface area contributed by atoms with E-state index in [-0.39, 0.29) is 17.4 Å². The van der Waals surface area contributed by atoms with E-state index in [0.29, 0.717) is 11.5 Å². The van der Waals surface area contributed by atoms with Crippen molar-refractivity contribution in [2.24, 2.45) is 5.92 Å². The SMILES string of the molecule is CC(CC1CC1)NS(=O)(=O)Cc1cccc(C(=O)O)c1. The van der Waals surface area contributed by atoms with Crippen molar-refractivity contribution in [3.05, 3.63) is 35.4 Å². The van der Waals surface area contributed by atoms with Crippen molar-refractivity contribution >= 4 is 16.0 Å². The van der Waals surface area contributed by atoms with Crippen molar-refractivity contribution in [3.8, 4) is 0 Å². The van der Waals surface area contributed by atoms with Crippen molar-refractivity contribution in [1.29, 1.82) is 0 Å². The second-order valence-corrected chi connectivity index (χ2v) is 7.22. The Morgan fingerprint density at radius 2 is 2.15 bits per heavy atom. The lowest BCUT2D eigenvalue weighted by atomic mass is 10.1. The molecule has 0 spiro atoms. The average Bonchev–Trinajstić information content (AvgIpc) is 3.11. The Hall–Kier alpha value is -1.40. The molecule has 20 heavy (non-hydrogen) atoms. The Morgan fingerprint density at radius 1 is 1.45 bits per heavy atom. The van der Waals surface area contributed by atoms with E-state index in [2.05, 4.69) is 4.72 Å². The molecule has 5 nitrogen and oxygen atoms in total. The Labute approximate surface area is 119 Å². The Kier molecular flexibility index (Phi) is 4.45. The minimum absolute atomic E-state index is 0.0739. The fourth-order valence-electron chi connectivity index (χ4n) is 2.26. The molecule has 2 N–H and O–H groups in total. The molecular weight excluding hydrogens is 278 g/mol. The zero-order chi connectivity index (χ0) is 14.8. The minimum Gasteiger partial charge on any atom is -0.478 e. The lowest BCUT2D eigenvalue weighted by molar-refractivity contribution is 0.0696. The minimum atomic E-state index is -3.44. The third kappa shape index (κ3) is 4.61. The van der Waals surface area contributed by atoms with Crippen LogP contribution in [0, 0.1) is 5.92 Å². The molecule has 0 aliphatic heterocycles. The molecule has 1 aliphatic carbocycles. The van der Waals surface area contributed by atoms with Gasteiger partial charge in [-0.3, -0.25) is 0 Å². The van der Waals surface area contributed by atoms with Gasteiger partial charge >= 0.3 is 5.97 Å². The van der Waals surface area contributed by atoms with E-state index < -0.39 is 16.0 Å². The van der Waals surface area contributed by atoms with E-state index >= 15 is 0 Å². The second-order valence-electron chi connectivity index (χ2n) is 5.46. The van der Waals surface area contributed by atoms with Gasteiger partial charge < -0.3 is 5.11 Å². The number of nitrogens with one attached hydrogen (secondary N) is 1. The predicted octanol–water partition coefficient (Wildman–Crippen LogP) is 1.99. The zero-order valence-electron chi connectivity index (χ0n) is 11.4. The molecule has 110 valence electrons. The zero-order valence-corrected chi connectivity index (χ0v) is 12.2. The van der Waals surface area contributed by atoms with E-state index in [0.717, 1.165) is 6.42 Å². The molecule has 2 rings (SSSR count). The molecule has 0 bridgehead atoms. The van der Waals surface area contributed by atoms with Gasteiger partial charge in [-0.25, -0.2) is 17.9 Å². The molecule has 1 fully saturated rings. The predicted molar refractivity (Wildman–Crippen MR) is 76.0 cm³/mol. The topological polar surface area (TPSA) is 83.5 Å². The van der Waals surface area contributed by atoms with Crippen molar-refractivity contribution < 1.29 is 18.3 Å². The Morgan fingerprint density at radius 3 is 2.75 bits per heavy atom. The number of carboxylic acid groups (broad SMARTS) is 1. The van der Waals surface area contributed by atoms with Crippen LogP contribution in [0.1, 0.15) is 42.1 Å². The van der Waals surface area contributed by atoms with Crippen LogP contribution in [0.4, 0.5) is 0 Å². The van der Waals surface area contributed by atoms with Gasteiger partial charge in [0.05, 0.1) is 11.3 Å². The highest BCUT2D eigenvalue weighted by Crippen LogP contribution is 2.33. The van der Waals surface area contributed by atoms with Crippen LogP contribution < -0.4 is 4.72 Å². The number of carbonyl (C=O) groups is 1. The van der Waals surface area contributed by atoms with Crippen LogP contribution in [-0.2, 0) is 15.8 Å². The lowest BCUT2D eigenvalue weighted by Crippen LogP contribution is -2.33. The summed E-state index contributed by atoms with van der Waals surface area (Å²) >= 11 is 0. The van der Waals surface area contributed by atoms with Crippen molar-refractivity contribution in [1.82, 2.24) is 4.72 Å². The second kappa shape index (κ2) is 5.93. The normalized spacial score (nSPS) is 16.9. The van der Waals surface area contributed by atoms with Crippen molar-refractivity contribution in [3.63, 3.8) is 0 Å². The van der Waals surface area contributed by atoms with Crippen molar-refractivity contribution in [2.75, 3.05) is 0 Å². The third-order valence-electron chi connectivity index (χ3n) is 3.30. The van der Waals surface area contributed by atoms with Crippen LogP contribution in [0.2, 0.25) is 0 Å². The summed E-state index contributed by atoms with van der Waals surface area (Å²) < 4.78 is 26.7. The quantitative estimate of drug-likeness (QED) is 0.806. The van der Waals surface area contributed by atoms with E-state index in [4.69, 9.17) is 5.11 Å². The first-order chi connectivity index (χ1) is 9.35. The molecule has 0 amide bonds. The van der Waals surface area contributed by atoms with E-state index in [1.54, 1.807) is 12.1 Å². The standard InChI is InChI=1S/C14H19NO4S/c1-10(7-11-5-6-11)15-20(18,19)9-12-3-2-4-13(8-12)14(16)17/h2-4,8,10-11,15H,5-7,9H2,1H3,(H,16,17). The summed E-state index contributed by atoms with van der Waals surface area (Å²) in [7, 11) is -3.44. The molecule has 1 atom stereocenters. The maximum absolute atomic E-state index is 12.0. The molecule has 1 unspecified atom stereocenters. The van der Waals surface area contributed by atoms with E-state index in [1.807, 2.05) is 6.92 Å². The summed E-state index contributed by atoms with van der Waals surface area (Å²) in [6.45, 7) is 1.86. The summed E-state index contributed by atoms with van der Waals surface area (Å²) in [4.78, 5) is 10.9. The summed E-state index contributed by atoms with van der Waals surface area (Å²) in [6.07, 6.45) is 3.24. The third-order valence-corrected chi connectivity index (χ3v) is 4.77. The molecule has 1 saturated carbocycles. The highest BCUT2D eigenvalue weighted by Gasteiger charge is 2.25. The molecule has 0 radical (unpaired) electrons. The van der Waals surface area contributed by atoms with Crippen LogP contribution in [0.15, 0.2) is 24.3 Å². The number of hydrogen-bond acceptors (Lipinski definition) is 3. The Balaban J connectivity index is 1.99. The highest BCUT2D eigenvalue weighted by molar-refractivity contribution is 7.88. The molecule has 1 aliphatic rings. The molecule has 1 aromatic carbocycles. The fraction of sp³-hybridized carbons (Fsp3) is 0.500.